The Labute approximate surface area is 261 Å². The maximum absolute atomic E-state index is 13.5. The molecule has 1 aliphatic rings. The molecule has 0 aliphatic carbocycles. The third kappa shape index (κ3) is 7.74. The first-order chi connectivity index (χ1) is 21.5. The van der Waals surface area contributed by atoms with E-state index in [0.717, 1.165) is 23.0 Å². The number of carbonyl (C=O) groups excluding carboxylic acids is 3. The highest BCUT2D eigenvalue weighted by Crippen LogP contribution is 2.41. The van der Waals surface area contributed by atoms with Gasteiger partial charge in [0.15, 0.2) is 18.3 Å². The largest absolute Gasteiger partial charge is 0.485 e. The average molecular weight is 609 g/mol. The predicted octanol–water partition coefficient (Wildman–Crippen LogP) is 5.33. The van der Waals surface area contributed by atoms with Crippen LogP contribution in [0.1, 0.15) is 54.7 Å². The third-order valence-corrected chi connectivity index (χ3v) is 7.29. The van der Waals surface area contributed by atoms with E-state index in [2.05, 4.69) is 0 Å². The van der Waals surface area contributed by atoms with Crippen molar-refractivity contribution in [1.82, 2.24) is 0 Å². The minimum atomic E-state index is -1.82. The molecule has 0 N–H and O–H groups in total. The van der Waals surface area contributed by atoms with Crippen LogP contribution in [-0.4, -0.2) is 55.0 Å². The van der Waals surface area contributed by atoms with Crippen molar-refractivity contribution in [2.45, 2.75) is 51.6 Å². The Morgan fingerprint density at radius 3 is 1.78 bits per heavy atom. The number of hydrogen-bond donors (Lipinski definition) is 0. The summed E-state index contributed by atoms with van der Waals surface area (Å²) >= 11 is 0. The van der Waals surface area contributed by atoms with Gasteiger partial charge < -0.3 is 23.7 Å². The molecule has 1 unspecified atom stereocenters. The van der Waals surface area contributed by atoms with Crippen molar-refractivity contribution >= 4 is 17.9 Å². The van der Waals surface area contributed by atoms with Gasteiger partial charge in [-0.2, -0.15) is 10.5 Å². The Balaban J connectivity index is 1.73. The summed E-state index contributed by atoms with van der Waals surface area (Å²) in [5.74, 6) is -2.17. The van der Waals surface area contributed by atoms with Crippen molar-refractivity contribution in [3.05, 3.63) is 118 Å². The molecule has 4 rings (SSSR count). The van der Waals surface area contributed by atoms with Gasteiger partial charge >= 0.3 is 17.9 Å². The van der Waals surface area contributed by atoms with E-state index in [4.69, 9.17) is 28.9 Å². The summed E-state index contributed by atoms with van der Waals surface area (Å²) in [5, 5.41) is 19.0. The Bertz CT molecular complexity index is 1650. The van der Waals surface area contributed by atoms with Crippen LogP contribution in [0.4, 0.5) is 0 Å². The number of esters is 3. The summed E-state index contributed by atoms with van der Waals surface area (Å²) in [7, 11) is 0. The monoisotopic (exact) mass is 608 g/mol. The quantitative estimate of drug-likeness (QED) is 0.0974. The van der Waals surface area contributed by atoms with Gasteiger partial charge in [0, 0.05) is 0 Å². The van der Waals surface area contributed by atoms with Crippen LogP contribution in [0.15, 0.2) is 84.6 Å². The first-order valence-electron chi connectivity index (χ1n) is 14.1. The van der Waals surface area contributed by atoms with Gasteiger partial charge in [0.2, 0.25) is 0 Å². The maximum Gasteiger partial charge on any atom is 0.338 e. The average Bonchev–Trinajstić information content (AvgIpc) is 3.29. The highest BCUT2D eigenvalue weighted by atomic mass is 16.7. The van der Waals surface area contributed by atoms with Crippen LogP contribution in [0, 0.1) is 43.4 Å². The molecular weight excluding hydrogens is 576 g/mol. The van der Waals surface area contributed by atoms with Gasteiger partial charge in [-0.15, -0.1) is 0 Å². The van der Waals surface area contributed by atoms with Crippen molar-refractivity contribution in [3.8, 4) is 12.1 Å². The van der Waals surface area contributed by atoms with Gasteiger partial charge in [0.05, 0.1) is 22.3 Å². The lowest BCUT2D eigenvalue weighted by Gasteiger charge is -2.34. The number of rotatable bonds is 10. The van der Waals surface area contributed by atoms with Crippen LogP contribution in [0.5, 0.6) is 0 Å². The normalized spacial score (nSPS) is 20.8. The van der Waals surface area contributed by atoms with E-state index in [-0.39, 0.29) is 23.3 Å². The highest BCUT2D eigenvalue weighted by Gasteiger charge is 2.61. The third-order valence-electron chi connectivity index (χ3n) is 7.29. The molecule has 0 bridgehead atoms. The molecular formula is C35H32N2O8. The number of benzene rings is 3. The lowest BCUT2D eigenvalue weighted by atomic mass is 9.88. The van der Waals surface area contributed by atoms with Crippen LogP contribution >= 0.6 is 0 Å². The Hall–Kier alpha value is -5.45. The van der Waals surface area contributed by atoms with Crippen molar-refractivity contribution in [1.29, 1.82) is 10.5 Å². The molecule has 4 atom stereocenters. The molecule has 10 heteroatoms. The number of nitriles is 2. The first-order valence-corrected chi connectivity index (χ1v) is 14.1. The van der Waals surface area contributed by atoms with Gasteiger partial charge in [0.1, 0.15) is 37.2 Å². The number of hydrogen-bond acceptors (Lipinski definition) is 10. The lowest BCUT2D eigenvalue weighted by Crippen LogP contribution is -2.52. The Morgan fingerprint density at radius 1 is 0.800 bits per heavy atom. The molecule has 230 valence electrons. The SMILES string of the molecule is Cc1ccc(C(=O)OCC2O[C@H](/C(C#N)=C/OCC#N)[C@](C)(OC(=O)c3ccc(C)cc3)[C@@H]2OC(=O)c2ccc(C)cc2)cc1. The standard InChI is InChI=1S/C35H32N2O8/c1-22-5-11-25(12-6-22)32(38)42-21-29-31(44-33(39)26-13-7-23(2)8-14-26)35(4,30(43-29)28(19-37)20-41-18-17-36)45-34(40)27-15-9-24(3)10-16-27/h5-16,20,29-31H,18,21H2,1-4H3/b28-20+/t29?,30-,31-,35+/m1/s1. The summed E-state index contributed by atoms with van der Waals surface area (Å²) in [6.07, 6.45) is -2.84. The molecule has 0 amide bonds. The van der Waals surface area contributed by atoms with E-state index in [1.165, 1.54) is 6.92 Å². The predicted molar refractivity (Wildman–Crippen MR) is 161 cm³/mol. The molecule has 0 aromatic heterocycles. The summed E-state index contributed by atoms with van der Waals surface area (Å²) in [5.41, 5.74) is 1.56. The van der Waals surface area contributed by atoms with Gasteiger partial charge in [-0.25, -0.2) is 14.4 Å². The number of aryl methyl sites for hydroxylation is 3. The van der Waals surface area contributed by atoms with Crippen molar-refractivity contribution in [2.24, 2.45) is 0 Å². The maximum atomic E-state index is 13.5. The minimum Gasteiger partial charge on any atom is -0.485 e. The number of nitrogens with zero attached hydrogens (tertiary/aromatic N) is 2. The Kier molecular flexibility index (Phi) is 10.4. The molecule has 1 heterocycles. The van der Waals surface area contributed by atoms with Gasteiger partial charge in [-0.3, -0.25) is 0 Å². The molecule has 45 heavy (non-hydrogen) atoms. The summed E-state index contributed by atoms with van der Waals surface area (Å²) in [6, 6.07) is 23.8. The zero-order valence-electron chi connectivity index (χ0n) is 25.3. The van der Waals surface area contributed by atoms with E-state index in [1.807, 2.05) is 26.8 Å². The van der Waals surface area contributed by atoms with Crippen LogP contribution < -0.4 is 0 Å². The molecule has 1 saturated heterocycles. The number of carbonyl (C=O) groups is 3. The second-order valence-electron chi connectivity index (χ2n) is 10.8. The van der Waals surface area contributed by atoms with Gasteiger partial charge in [0.25, 0.3) is 0 Å². The minimum absolute atomic E-state index is 0.145. The Morgan fingerprint density at radius 2 is 1.29 bits per heavy atom. The van der Waals surface area contributed by atoms with Crippen molar-refractivity contribution < 1.29 is 38.1 Å². The van der Waals surface area contributed by atoms with E-state index in [1.54, 1.807) is 78.9 Å². The van der Waals surface area contributed by atoms with Crippen LogP contribution in [-0.2, 0) is 23.7 Å². The lowest BCUT2D eigenvalue weighted by molar-refractivity contribution is -0.0821. The van der Waals surface area contributed by atoms with E-state index < -0.39 is 48.4 Å². The fourth-order valence-electron chi connectivity index (χ4n) is 4.78. The van der Waals surface area contributed by atoms with E-state index in [9.17, 15) is 19.6 Å². The summed E-state index contributed by atoms with van der Waals surface area (Å²) in [6.45, 7) is 6.31. The van der Waals surface area contributed by atoms with Crippen molar-refractivity contribution in [2.75, 3.05) is 13.2 Å². The van der Waals surface area contributed by atoms with Crippen LogP contribution in [0.2, 0.25) is 0 Å². The number of ether oxygens (including phenoxy) is 5. The first kappa shape index (κ1) is 32.5. The topological polar surface area (TPSA) is 145 Å². The van der Waals surface area contributed by atoms with E-state index >= 15 is 0 Å². The zero-order valence-corrected chi connectivity index (χ0v) is 25.3. The fraction of sp³-hybridized carbons (Fsp3) is 0.286. The molecule has 3 aromatic rings. The molecule has 0 radical (unpaired) electrons. The van der Waals surface area contributed by atoms with Crippen LogP contribution in [0.3, 0.4) is 0 Å². The van der Waals surface area contributed by atoms with Gasteiger partial charge in [-0.05, 0) is 64.1 Å². The molecule has 3 aromatic carbocycles. The molecule has 1 fully saturated rings. The molecule has 0 saturated carbocycles. The smallest absolute Gasteiger partial charge is 0.338 e. The van der Waals surface area contributed by atoms with E-state index in [0.29, 0.717) is 5.56 Å². The van der Waals surface area contributed by atoms with Crippen LogP contribution in [0.25, 0.3) is 0 Å². The molecule has 10 nitrogen and oxygen atoms in total. The highest BCUT2D eigenvalue weighted by molar-refractivity contribution is 5.91. The fourth-order valence-corrected chi connectivity index (χ4v) is 4.78. The summed E-state index contributed by atoms with van der Waals surface area (Å²) < 4.78 is 29.0. The summed E-state index contributed by atoms with van der Waals surface area (Å²) in [4.78, 5) is 39.8. The zero-order chi connectivity index (χ0) is 32.6. The van der Waals surface area contributed by atoms with Crippen molar-refractivity contribution in [3.63, 3.8) is 0 Å². The molecule has 0 spiro atoms. The van der Waals surface area contributed by atoms with Gasteiger partial charge in [-0.1, -0.05) is 53.1 Å². The second kappa shape index (κ2) is 14.3. The molecule has 1 aliphatic heterocycles. The second-order valence-corrected chi connectivity index (χ2v) is 10.8.